The molecule has 1 aromatic rings. The Kier molecular flexibility index (Phi) is 2.92. The van der Waals surface area contributed by atoms with Crippen molar-refractivity contribution in [2.24, 2.45) is 0 Å². The number of alkyl halides is 3. The van der Waals surface area contributed by atoms with Gasteiger partial charge in [0.25, 0.3) is 0 Å². The molecule has 1 aliphatic heterocycles. The van der Waals surface area contributed by atoms with Gasteiger partial charge >= 0.3 is 6.18 Å². The van der Waals surface area contributed by atoms with E-state index in [0.29, 0.717) is 0 Å². The van der Waals surface area contributed by atoms with Crippen LogP contribution in [0, 0.1) is 0 Å². The molecule has 0 spiro atoms. The number of hydrogen-bond donors (Lipinski definition) is 0. The molecule has 0 fully saturated rings. The lowest BCUT2D eigenvalue weighted by atomic mass is 10.1. The number of halogens is 3. The molecular formula is C10H10F3NO3S. The zero-order valence-electron chi connectivity index (χ0n) is 9.36. The van der Waals surface area contributed by atoms with Gasteiger partial charge in [-0.1, -0.05) is 0 Å². The third-order valence-corrected chi connectivity index (χ3v) is 3.69. The van der Waals surface area contributed by atoms with Gasteiger partial charge in [-0.25, -0.2) is 8.42 Å². The highest BCUT2D eigenvalue weighted by molar-refractivity contribution is 7.92. The topological polar surface area (TPSA) is 46.6 Å². The second-order valence-electron chi connectivity index (χ2n) is 3.86. The molecule has 0 aliphatic carbocycles. The SMILES string of the molecule is CS(=O)(=O)N1CCOc2ccc(C(F)(F)F)cc21. The van der Waals surface area contributed by atoms with Gasteiger partial charge in [-0.05, 0) is 18.2 Å². The van der Waals surface area contributed by atoms with E-state index in [1.54, 1.807) is 0 Å². The van der Waals surface area contributed by atoms with E-state index in [2.05, 4.69) is 0 Å². The molecule has 0 unspecified atom stereocenters. The Labute approximate surface area is 102 Å². The van der Waals surface area contributed by atoms with Crippen molar-refractivity contribution >= 4 is 15.7 Å². The maximum absolute atomic E-state index is 12.6. The van der Waals surface area contributed by atoms with Crippen LogP contribution in [0.25, 0.3) is 0 Å². The molecule has 2 rings (SSSR count). The predicted octanol–water partition coefficient (Wildman–Crippen LogP) is 1.86. The first kappa shape index (κ1) is 13.0. The van der Waals surface area contributed by atoms with E-state index in [0.717, 1.165) is 28.8 Å². The summed E-state index contributed by atoms with van der Waals surface area (Å²) in [4.78, 5) is 0. The molecule has 100 valence electrons. The number of ether oxygens (including phenoxy) is 1. The number of sulfonamides is 1. The fraction of sp³-hybridized carbons (Fsp3) is 0.400. The quantitative estimate of drug-likeness (QED) is 0.789. The van der Waals surface area contributed by atoms with Crippen LogP contribution in [0.15, 0.2) is 18.2 Å². The second kappa shape index (κ2) is 4.04. The standard InChI is InChI=1S/C10H10F3NO3S/c1-18(15,16)14-4-5-17-9-3-2-7(6-8(9)14)10(11,12)13/h2-3,6H,4-5H2,1H3. The zero-order valence-corrected chi connectivity index (χ0v) is 10.2. The van der Waals surface area contributed by atoms with E-state index in [1.807, 2.05) is 0 Å². The van der Waals surface area contributed by atoms with Crippen LogP contribution < -0.4 is 9.04 Å². The summed E-state index contributed by atoms with van der Waals surface area (Å²) < 4.78 is 66.8. The van der Waals surface area contributed by atoms with Crippen LogP contribution in [-0.4, -0.2) is 27.8 Å². The number of hydrogen-bond acceptors (Lipinski definition) is 3. The molecular weight excluding hydrogens is 271 g/mol. The van der Waals surface area contributed by atoms with Gasteiger partial charge in [0.15, 0.2) is 0 Å². The fourth-order valence-electron chi connectivity index (χ4n) is 1.71. The van der Waals surface area contributed by atoms with Crippen LogP contribution in [0.3, 0.4) is 0 Å². The van der Waals surface area contributed by atoms with E-state index in [9.17, 15) is 21.6 Å². The molecule has 0 atom stereocenters. The monoisotopic (exact) mass is 281 g/mol. The van der Waals surface area contributed by atoms with Crippen molar-refractivity contribution in [1.82, 2.24) is 0 Å². The summed E-state index contributed by atoms with van der Waals surface area (Å²) in [5.74, 6) is 0.139. The highest BCUT2D eigenvalue weighted by Gasteiger charge is 2.34. The summed E-state index contributed by atoms with van der Waals surface area (Å²) in [5.41, 5.74) is -0.973. The first-order valence-electron chi connectivity index (χ1n) is 5.01. The smallest absolute Gasteiger partial charge is 0.416 e. The van der Waals surface area contributed by atoms with E-state index >= 15 is 0 Å². The lowest BCUT2D eigenvalue weighted by Crippen LogP contribution is -2.37. The molecule has 1 aromatic carbocycles. The molecule has 0 radical (unpaired) electrons. The average molecular weight is 281 g/mol. The Bertz CT molecular complexity index is 568. The van der Waals surface area contributed by atoms with Gasteiger partial charge in [-0.15, -0.1) is 0 Å². The summed E-state index contributed by atoms with van der Waals surface area (Å²) in [5, 5.41) is 0. The van der Waals surface area contributed by atoms with Gasteiger partial charge in [0.05, 0.1) is 24.1 Å². The average Bonchev–Trinajstić information content (AvgIpc) is 2.25. The molecule has 4 nitrogen and oxygen atoms in total. The molecule has 0 saturated heterocycles. The van der Waals surface area contributed by atoms with Crippen molar-refractivity contribution in [3.05, 3.63) is 23.8 Å². The van der Waals surface area contributed by atoms with Gasteiger partial charge in [0.2, 0.25) is 10.0 Å². The largest absolute Gasteiger partial charge is 0.489 e. The predicted molar refractivity (Wildman–Crippen MR) is 59.1 cm³/mol. The van der Waals surface area contributed by atoms with Crippen LogP contribution >= 0.6 is 0 Å². The summed E-state index contributed by atoms with van der Waals surface area (Å²) in [7, 11) is -3.62. The number of nitrogens with zero attached hydrogens (tertiary/aromatic N) is 1. The minimum atomic E-state index is -4.52. The lowest BCUT2D eigenvalue weighted by Gasteiger charge is -2.29. The lowest BCUT2D eigenvalue weighted by molar-refractivity contribution is -0.137. The Morgan fingerprint density at radius 3 is 2.56 bits per heavy atom. The number of benzene rings is 1. The summed E-state index contributed by atoms with van der Waals surface area (Å²) in [6, 6.07) is 2.79. The third kappa shape index (κ3) is 2.38. The van der Waals surface area contributed by atoms with Crippen molar-refractivity contribution in [1.29, 1.82) is 0 Å². The van der Waals surface area contributed by atoms with Gasteiger partial charge in [-0.2, -0.15) is 13.2 Å². The Morgan fingerprint density at radius 1 is 1.33 bits per heavy atom. The molecule has 0 amide bonds. The fourth-order valence-corrected chi connectivity index (χ4v) is 2.62. The molecule has 8 heteroatoms. The molecule has 18 heavy (non-hydrogen) atoms. The second-order valence-corrected chi connectivity index (χ2v) is 5.77. The number of fused-ring (bicyclic) bond motifs is 1. The molecule has 0 N–H and O–H groups in total. The van der Waals surface area contributed by atoms with E-state index in [1.165, 1.54) is 0 Å². The number of rotatable bonds is 1. The first-order valence-corrected chi connectivity index (χ1v) is 6.86. The maximum atomic E-state index is 12.6. The normalized spacial score (nSPS) is 16.1. The van der Waals surface area contributed by atoms with Crippen molar-refractivity contribution in [3.63, 3.8) is 0 Å². The van der Waals surface area contributed by atoms with Crippen molar-refractivity contribution in [2.75, 3.05) is 23.7 Å². The van der Waals surface area contributed by atoms with Crippen LogP contribution in [0.4, 0.5) is 18.9 Å². The van der Waals surface area contributed by atoms with Crippen molar-refractivity contribution in [3.8, 4) is 5.75 Å². The number of anilines is 1. The van der Waals surface area contributed by atoms with Crippen molar-refractivity contribution < 1.29 is 26.3 Å². The van der Waals surface area contributed by atoms with Crippen LogP contribution in [-0.2, 0) is 16.2 Å². The van der Waals surface area contributed by atoms with E-state index < -0.39 is 21.8 Å². The van der Waals surface area contributed by atoms with Crippen molar-refractivity contribution in [2.45, 2.75) is 6.18 Å². The van der Waals surface area contributed by atoms with Gasteiger partial charge in [0.1, 0.15) is 12.4 Å². The minimum Gasteiger partial charge on any atom is -0.489 e. The molecule has 0 bridgehead atoms. The molecule has 0 aromatic heterocycles. The van der Waals surface area contributed by atoms with Crippen LogP contribution in [0.2, 0.25) is 0 Å². The molecule has 1 heterocycles. The van der Waals surface area contributed by atoms with E-state index in [-0.39, 0.29) is 24.6 Å². The maximum Gasteiger partial charge on any atom is 0.416 e. The Balaban J connectivity index is 2.55. The first-order chi connectivity index (χ1) is 8.19. The molecule has 1 aliphatic rings. The third-order valence-electron chi connectivity index (χ3n) is 2.51. The summed E-state index contributed by atoms with van der Waals surface area (Å²) >= 11 is 0. The van der Waals surface area contributed by atoms with Gasteiger partial charge < -0.3 is 4.74 Å². The summed E-state index contributed by atoms with van der Waals surface area (Å²) in [6.07, 6.45) is -3.57. The molecule has 0 saturated carbocycles. The zero-order chi connectivity index (χ0) is 13.6. The van der Waals surface area contributed by atoms with Gasteiger partial charge in [-0.3, -0.25) is 4.31 Å². The highest BCUT2D eigenvalue weighted by atomic mass is 32.2. The highest BCUT2D eigenvalue weighted by Crippen LogP contribution is 2.38. The van der Waals surface area contributed by atoms with Crippen LogP contribution in [0.1, 0.15) is 5.56 Å². The van der Waals surface area contributed by atoms with E-state index in [4.69, 9.17) is 4.74 Å². The van der Waals surface area contributed by atoms with Crippen LogP contribution in [0.5, 0.6) is 5.75 Å². The van der Waals surface area contributed by atoms with Gasteiger partial charge in [0, 0.05) is 0 Å². The summed E-state index contributed by atoms with van der Waals surface area (Å²) in [6.45, 7) is 0.124. The Hall–Kier alpha value is -1.44. The Morgan fingerprint density at radius 2 is 2.00 bits per heavy atom. The minimum absolute atomic E-state index is 0.00709.